The second-order valence-corrected chi connectivity index (χ2v) is 5.58. The normalized spacial score (nSPS) is 12.1. The van der Waals surface area contributed by atoms with E-state index >= 15 is 0 Å². The molecule has 0 saturated heterocycles. The third-order valence-corrected chi connectivity index (χ3v) is 3.69. The molecule has 3 nitrogen and oxygen atoms in total. The summed E-state index contributed by atoms with van der Waals surface area (Å²) in [7, 11) is 0. The van der Waals surface area contributed by atoms with Crippen molar-refractivity contribution in [3.05, 3.63) is 65.2 Å². The number of ether oxygens (including phenoxy) is 1. The van der Waals surface area contributed by atoms with Crippen molar-refractivity contribution in [2.75, 3.05) is 19.7 Å². The summed E-state index contributed by atoms with van der Waals surface area (Å²) in [5, 5.41) is 13.9. The molecule has 0 saturated carbocycles. The van der Waals surface area contributed by atoms with Crippen LogP contribution in [0.5, 0.6) is 5.75 Å². The maximum Gasteiger partial charge on any atom is 0.119 e. The van der Waals surface area contributed by atoms with E-state index in [9.17, 15) is 5.11 Å². The maximum absolute atomic E-state index is 9.86. The molecule has 4 heteroatoms. The van der Waals surface area contributed by atoms with Crippen LogP contribution in [-0.4, -0.2) is 30.9 Å². The number of benzene rings is 2. The molecule has 0 aliphatic rings. The Bertz CT molecular complexity index is 548. The predicted octanol–water partition coefficient (Wildman–Crippen LogP) is 3.30. The highest BCUT2D eigenvalue weighted by molar-refractivity contribution is 6.31. The van der Waals surface area contributed by atoms with Gasteiger partial charge in [0.2, 0.25) is 0 Å². The molecule has 1 unspecified atom stereocenters. The molecular weight excluding hydrogens is 298 g/mol. The fraction of sp³-hybridized carbons (Fsp3) is 0.333. The average Bonchev–Trinajstić information content (AvgIpc) is 2.55. The van der Waals surface area contributed by atoms with Gasteiger partial charge in [-0.1, -0.05) is 48.0 Å². The van der Waals surface area contributed by atoms with Gasteiger partial charge in [-0.2, -0.15) is 0 Å². The van der Waals surface area contributed by atoms with Gasteiger partial charge in [0.25, 0.3) is 0 Å². The van der Waals surface area contributed by atoms with Gasteiger partial charge in [-0.25, -0.2) is 0 Å². The monoisotopic (exact) mass is 319 g/mol. The third kappa shape index (κ3) is 6.06. The van der Waals surface area contributed by atoms with Crippen LogP contribution in [0.2, 0.25) is 5.02 Å². The zero-order valence-corrected chi connectivity index (χ0v) is 13.3. The minimum Gasteiger partial charge on any atom is -0.491 e. The average molecular weight is 320 g/mol. The number of hydrogen-bond acceptors (Lipinski definition) is 3. The molecule has 0 amide bonds. The molecule has 0 aromatic heterocycles. The number of rotatable bonds is 9. The third-order valence-electron chi connectivity index (χ3n) is 3.32. The highest BCUT2D eigenvalue weighted by atomic mass is 35.5. The first kappa shape index (κ1) is 16.8. The number of para-hydroxylation sites is 1. The SMILES string of the molecule is OC(CNCCCc1ccccc1Cl)COc1ccccc1. The Morgan fingerprint density at radius 1 is 1.05 bits per heavy atom. The van der Waals surface area contributed by atoms with Crippen LogP contribution in [0.15, 0.2) is 54.6 Å². The number of halogens is 1. The lowest BCUT2D eigenvalue weighted by Crippen LogP contribution is -2.32. The van der Waals surface area contributed by atoms with Crippen LogP contribution in [0.4, 0.5) is 0 Å². The minimum absolute atomic E-state index is 0.293. The van der Waals surface area contributed by atoms with E-state index in [2.05, 4.69) is 5.32 Å². The molecule has 0 aliphatic heterocycles. The minimum atomic E-state index is -0.513. The van der Waals surface area contributed by atoms with Crippen LogP contribution in [0.25, 0.3) is 0 Å². The Balaban J connectivity index is 1.56. The van der Waals surface area contributed by atoms with E-state index in [1.807, 2.05) is 54.6 Å². The van der Waals surface area contributed by atoms with Crippen LogP contribution >= 0.6 is 11.6 Å². The summed E-state index contributed by atoms with van der Waals surface area (Å²) >= 11 is 6.11. The lowest BCUT2D eigenvalue weighted by molar-refractivity contribution is 0.106. The second kappa shape index (κ2) is 9.46. The number of aliphatic hydroxyl groups excluding tert-OH is 1. The number of nitrogens with one attached hydrogen (secondary N) is 1. The van der Waals surface area contributed by atoms with Crippen LogP contribution < -0.4 is 10.1 Å². The Morgan fingerprint density at radius 2 is 1.77 bits per heavy atom. The van der Waals surface area contributed by atoms with E-state index in [4.69, 9.17) is 16.3 Å². The Kier molecular flexibility index (Phi) is 7.23. The predicted molar refractivity (Wildman–Crippen MR) is 90.6 cm³/mol. The number of aryl methyl sites for hydroxylation is 1. The summed E-state index contributed by atoms with van der Waals surface area (Å²) < 4.78 is 5.50. The number of aliphatic hydroxyl groups is 1. The molecule has 2 aromatic carbocycles. The van der Waals surface area contributed by atoms with E-state index in [1.54, 1.807) is 0 Å². The molecule has 1 atom stereocenters. The van der Waals surface area contributed by atoms with E-state index in [-0.39, 0.29) is 0 Å². The molecule has 0 heterocycles. The fourth-order valence-electron chi connectivity index (χ4n) is 2.14. The smallest absolute Gasteiger partial charge is 0.119 e. The van der Waals surface area contributed by atoms with Gasteiger partial charge in [0.15, 0.2) is 0 Å². The van der Waals surface area contributed by atoms with Gasteiger partial charge in [-0.3, -0.25) is 0 Å². The maximum atomic E-state index is 9.86. The first-order chi connectivity index (χ1) is 10.8. The topological polar surface area (TPSA) is 41.5 Å². The van der Waals surface area contributed by atoms with Crippen LogP contribution in [0, 0.1) is 0 Å². The van der Waals surface area contributed by atoms with Crippen LogP contribution in [0.3, 0.4) is 0 Å². The molecule has 0 fully saturated rings. The van der Waals surface area contributed by atoms with Crippen molar-refractivity contribution in [1.82, 2.24) is 5.32 Å². The number of hydrogen-bond donors (Lipinski definition) is 2. The van der Waals surface area contributed by atoms with Crippen molar-refractivity contribution in [1.29, 1.82) is 0 Å². The molecule has 2 rings (SSSR count). The highest BCUT2D eigenvalue weighted by Gasteiger charge is 2.05. The quantitative estimate of drug-likeness (QED) is 0.697. The summed E-state index contributed by atoms with van der Waals surface area (Å²) in [4.78, 5) is 0. The van der Waals surface area contributed by atoms with Gasteiger partial charge in [0.05, 0.1) is 0 Å². The van der Waals surface area contributed by atoms with Crippen molar-refractivity contribution < 1.29 is 9.84 Å². The summed E-state index contributed by atoms with van der Waals surface area (Å²) in [6.07, 6.45) is 1.40. The first-order valence-electron chi connectivity index (χ1n) is 7.56. The molecule has 2 N–H and O–H groups in total. The Labute approximate surface area is 136 Å². The van der Waals surface area contributed by atoms with Crippen molar-refractivity contribution in [2.45, 2.75) is 18.9 Å². The molecule has 0 aliphatic carbocycles. The van der Waals surface area contributed by atoms with E-state index in [1.165, 1.54) is 5.56 Å². The van der Waals surface area contributed by atoms with Gasteiger partial charge < -0.3 is 15.2 Å². The van der Waals surface area contributed by atoms with Crippen molar-refractivity contribution in [3.8, 4) is 5.75 Å². The zero-order chi connectivity index (χ0) is 15.6. The largest absolute Gasteiger partial charge is 0.491 e. The van der Waals surface area contributed by atoms with Crippen molar-refractivity contribution in [3.63, 3.8) is 0 Å². The van der Waals surface area contributed by atoms with Gasteiger partial charge >= 0.3 is 0 Å². The molecule has 0 radical (unpaired) electrons. The lowest BCUT2D eigenvalue weighted by atomic mass is 10.1. The molecule has 0 bridgehead atoms. The summed E-state index contributed by atoms with van der Waals surface area (Å²) in [6, 6.07) is 17.4. The van der Waals surface area contributed by atoms with Gasteiger partial charge in [-0.15, -0.1) is 0 Å². The molecule has 22 heavy (non-hydrogen) atoms. The summed E-state index contributed by atoms with van der Waals surface area (Å²) in [5.41, 5.74) is 1.17. The van der Waals surface area contributed by atoms with Crippen molar-refractivity contribution in [2.24, 2.45) is 0 Å². The molecule has 0 spiro atoms. The van der Waals surface area contributed by atoms with E-state index in [0.29, 0.717) is 13.2 Å². The molecule has 118 valence electrons. The van der Waals surface area contributed by atoms with E-state index < -0.39 is 6.10 Å². The first-order valence-corrected chi connectivity index (χ1v) is 7.93. The standard InChI is InChI=1S/C18H22ClNO2/c19-18-11-5-4-7-15(18)8-6-12-20-13-16(21)14-22-17-9-2-1-3-10-17/h1-5,7,9-11,16,20-21H,6,8,12-14H2. The highest BCUT2D eigenvalue weighted by Crippen LogP contribution is 2.16. The van der Waals surface area contributed by atoms with E-state index in [0.717, 1.165) is 30.2 Å². The van der Waals surface area contributed by atoms with Gasteiger partial charge in [0.1, 0.15) is 18.5 Å². The summed E-state index contributed by atoms with van der Waals surface area (Å²) in [6.45, 7) is 1.66. The van der Waals surface area contributed by atoms with Crippen LogP contribution in [-0.2, 0) is 6.42 Å². The second-order valence-electron chi connectivity index (χ2n) is 5.18. The van der Waals surface area contributed by atoms with Gasteiger partial charge in [0, 0.05) is 11.6 Å². The van der Waals surface area contributed by atoms with Crippen molar-refractivity contribution >= 4 is 11.6 Å². The molecule has 2 aromatic rings. The summed E-state index contributed by atoms with van der Waals surface area (Å²) in [5.74, 6) is 0.778. The fourth-order valence-corrected chi connectivity index (χ4v) is 2.37. The Hall–Kier alpha value is -1.55. The lowest BCUT2D eigenvalue weighted by Gasteiger charge is -2.13. The van der Waals surface area contributed by atoms with Crippen LogP contribution in [0.1, 0.15) is 12.0 Å². The zero-order valence-electron chi connectivity index (χ0n) is 12.5. The van der Waals surface area contributed by atoms with Gasteiger partial charge in [-0.05, 0) is 43.1 Å². The molecular formula is C18H22ClNO2. The Morgan fingerprint density at radius 3 is 2.55 bits per heavy atom.